The molecule has 0 fully saturated rings. The largest absolute Gasteiger partial charge is 0.306 e. The molecule has 68 valence electrons. The van der Waals surface area contributed by atoms with Crippen molar-refractivity contribution >= 4 is 21.8 Å². The molecule has 0 unspecified atom stereocenters. The standard InChI is InChI=1S/C5H8ClN3O2S/c6-1-2-8-12(10,11)9-4-3-7-5-9/h3-5,8H,1-2H2. The van der Waals surface area contributed by atoms with E-state index in [1.807, 2.05) is 0 Å². The van der Waals surface area contributed by atoms with Crippen LogP contribution in [0.5, 0.6) is 0 Å². The van der Waals surface area contributed by atoms with Gasteiger partial charge in [-0.05, 0) is 0 Å². The average Bonchev–Trinajstić information content (AvgIpc) is 2.53. The molecular formula is C5H8ClN3O2S. The minimum absolute atomic E-state index is 0.210. The second-order valence-electron chi connectivity index (χ2n) is 1.98. The normalized spacial score (nSPS) is 11.8. The van der Waals surface area contributed by atoms with Crippen LogP contribution in [-0.2, 0) is 10.2 Å². The Balaban J connectivity index is 2.74. The number of nitrogens with one attached hydrogen (secondary N) is 1. The van der Waals surface area contributed by atoms with Crippen molar-refractivity contribution in [2.45, 2.75) is 0 Å². The highest BCUT2D eigenvalue weighted by Gasteiger charge is 2.09. The Bertz CT molecular complexity index is 320. The second kappa shape index (κ2) is 3.88. The number of hydrogen-bond acceptors (Lipinski definition) is 3. The van der Waals surface area contributed by atoms with Crippen molar-refractivity contribution in [3.05, 3.63) is 18.7 Å². The van der Waals surface area contributed by atoms with Crippen LogP contribution in [0, 0.1) is 0 Å². The van der Waals surface area contributed by atoms with Gasteiger partial charge in [0.1, 0.15) is 6.33 Å². The maximum absolute atomic E-state index is 11.2. The van der Waals surface area contributed by atoms with Crippen LogP contribution in [0.2, 0.25) is 0 Å². The number of aromatic nitrogens is 2. The SMILES string of the molecule is O=S(=O)(NCCCl)n1ccnc1. The zero-order valence-electron chi connectivity index (χ0n) is 6.14. The topological polar surface area (TPSA) is 64.0 Å². The van der Waals surface area contributed by atoms with Crippen molar-refractivity contribution in [3.8, 4) is 0 Å². The van der Waals surface area contributed by atoms with Crippen LogP contribution in [0.1, 0.15) is 0 Å². The van der Waals surface area contributed by atoms with E-state index in [2.05, 4.69) is 9.71 Å². The first kappa shape index (κ1) is 9.50. The van der Waals surface area contributed by atoms with E-state index in [9.17, 15) is 8.42 Å². The molecule has 0 amide bonds. The number of halogens is 1. The van der Waals surface area contributed by atoms with Gasteiger partial charge in [-0.2, -0.15) is 13.1 Å². The van der Waals surface area contributed by atoms with Crippen LogP contribution < -0.4 is 4.72 Å². The van der Waals surface area contributed by atoms with Gasteiger partial charge in [0.25, 0.3) is 0 Å². The molecule has 0 spiro atoms. The van der Waals surface area contributed by atoms with Gasteiger partial charge in [-0.1, -0.05) is 0 Å². The summed E-state index contributed by atoms with van der Waals surface area (Å²) in [6, 6.07) is 0. The average molecular weight is 210 g/mol. The first-order chi connectivity index (χ1) is 5.67. The van der Waals surface area contributed by atoms with Gasteiger partial charge in [0.05, 0.1) is 0 Å². The summed E-state index contributed by atoms with van der Waals surface area (Å²) in [6.45, 7) is 0.210. The molecule has 0 aliphatic rings. The number of nitrogens with zero attached hydrogens (tertiary/aromatic N) is 2. The minimum atomic E-state index is -3.46. The predicted molar refractivity (Wildman–Crippen MR) is 45.3 cm³/mol. The number of hydrogen-bond donors (Lipinski definition) is 1. The van der Waals surface area contributed by atoms with E-state index in [1.54, 1.807) is 0 Å². The van der Waals surface area contributed by atoms with Gasteiger partial charge in [-0.25, -0.2) is 8.96 Å². The van der Waals surface area contributed by atoms with E-state index in [-0.39, 0.29) is 12.4 Å². The lowest BCUT2D eigenvalue weighted by Crippen LogP contribution is -2.30. The fourth-order valence-corrected chi connectivity index (χ4v) is 1.74. The fourth-order valence-electron chi connectivity index (χ4n) is 0.631. The van der Waals surface area contributed by atoms with Crippen molar-refractivity contribution in [2.24, 2.45) is 0 Å². The maximum Gasteiger partial charge on any atom is 0.306 e. The summed E-state index contributed by atoms with van der Waals surface area (Å²) in [7, 11) is -3.46. The molecule has 12 heavy (non-hydrogen) atoms. The number of imidazole rings is 1. The van der Waals surface area contributed by atoms with Gasteiger partial charge in [-0.15, -0.1) is 11.6 Å². The summed E-state index contributed by atoms with van der Waals surface area (Å²) in [5.41, 5.74) is 0. The molecule has 1 rings (SSSR count). The summed E-state index contributed by atoms with van der Waals surface area (Å²) in [6.07, 6.45) is 3.94. The molecule has 0 radical (unpaired) electrons. The van der Waals surface area contributed by atoms with Crippen molar-refractivity contribution in [3.63, 3.8) is 0 Å². The van der Waals surface area contributed by atoms with Crippen molar-refractivity contribution in [1.29, 1.82) is 0 Å². The minimum Gasteiger partial charge on any atom is -0.244 e. The third-order valence-electron chi connectivity index (χ3n) is 1.14. The third kappa shape index (κ3) is 2.20. The van der Waals surface area contributed by atoms with Crippen LogP contribution in [0.25, 0.3) is 0 Å². The van der Waals surface area contributed by atoms with Gasteiger partial charge in [0.2, 0.25) is 0 Å². The summed E-state index contributed by atoms with van der Waals surface area (Å²) in [4.78, 5) is 3.61. The maximum atomic E-state index is 11.2. The van der Waals surface area contributed by atoms with Gasteiger partial charge in [0.15, 0.2) is 0 Å². The molecule has 0 aliphatic carbocycles. The predicted octanol–water partition coefficient (Wildman–Crippen LogP) is -0.196. The lowest BCUT2D eigenvalue weighted by atomic mass is 10.8. The highest BCUT2D eigenvalue weighted by Crippen LogP contribution is 1.91. The van der Waals surface area contributed by atoms with Crippen LogP contribution >= 0.6 is 11.6 Å². The summed E-state index contributed by atoms with van der Waals surface area (Å²) in [5.74, 6) is 0.244. The van der Waals surface area contributed by atoms with E-state index in [0.29, 0.717) is 0 Å². The molecule has 1 aromatic rings. The Kier molecular flexibility index (Phi) is 3.07. The first-order valence-corrected chi connectivity index (χ1v) is 5.18. The number of rotatable bonds is 4. The molecule has 5 nitrogen and oxygen atoms in total. The quantitative estimate of drug-likeness (QED) is 0.699. The molecule has 7 heteroatoms. The monoisotopic (exact) mass is 209 g/mol. The summed E-state index contributed by atoms with van der Waals surface area (Å²) >= 11 is 5.32. The van der Waals surface area contributed by atoms with Crippen molar-refractivity contribution in [2.75, 3.05) is 12.4 Å². The lowest BCUT2D eigenvalue weighted by molar-refractivity contribution is 0.574. The van der Waals surface area contributed by atoms with Crippen molar-refractivity contribution in [1.82, 2.24) is 13.7 Å². The Morgan fingerprint density at radius 2 is 2.33 bits per heavy atom. The molecular weight excluding hydrogens is 202 g/mol. The third-order valence-corrected chi connectivity index (χ3v) is 2.67. The Morgan fingerprint density at radius 3 is 2.83 bits per heavy atom. The van der Waals surface area contributed by atoms with Gasteiger partial charge >= 0.3 is 10.2 Å². The molecule has 0 saturated heterocycles. The Morgan fingerprint density at radius 1 is 1.58 bits per heavy atom. The Labute approximate surface area is 75.5 Å². The highest BCUT2D eigenvalue weighted by atomic mass is 35.5. The smallest absolute Gasteiger partial charge is 0.244 e. The molecule has 1 N–H and O–H groups in total. The highest BCUT2D eigenvalue weighted by molar-refractivity contribution is 7.87. The van der Waals surface area contributed by atoms with Crippen LogP contribution in [0.15, 0.2) is 18.7 Å². The fraction of sp³-hybridized carbons (Fsp3) is 0.400. The second-order valence-corrected chi connectivity index (χ2v) is 4.02. The molecule has 0 bridgehead atoms. The van der Waals surface area contributed by atoms with E-state index in [1.165, 1.54) is 18.7 Å². The molecule has 0 aromatic carbocycles. The molecule has 0 saturated carbocycles. The van der Waals surface area contributed by atoms with Gasteiger partial charge < -0.3 is 0 Å². The summed E-state index contributed by atoms with van der Waals surface area (Å²) < 4.78 is 25.7. The first-order valence-electron chi connectivity index (χ1n) is 3.21. The van der Waals surface area contributed by atoms with E-state index in [4.69, 9.17) is 11.6 Å². The van der Waals surface area contributed by atoms with E-state index in [0.717, 1.165) is 3.97 Å². The molecule has 0 atom stereocenters. The molecule has 0 aliphatic heterocycles. The number of alkyl halides is 1. The zero-order chi connectivity index (χ0) is 9.03. The summed E-state index contributed by atoms with van der Waals surface area (Å²) in [5, 5.41) is 0. The van der Waals surface area contributed by atoms with Gasteiger partial charge in [-0.3, -0.25) is 0 Å². The van der Waals surface area contributed by atoms with E-state index < -0.39 is 10.2 Å². The van der Waals surface area contributed by atoms with Crippen LogP contribution in [0.4, 0.5) is 0 Å². The van der Waals surface area contributed by atoms with Crippen molar-refractivity contribution < 1.29 is 8.42 Å². The molecule has 1 heterocycles. The van der Waals surface area contributed by atoms with E-state index >= 15 is 0 Å². The van der Waals surface area contributed by atoms with Gasteiger partial charge in [0, 0.05) is 24.8 Å². The molecule has 1 aromatic heterocycles. The zero-order valence-corrected chi connectivity index (χ0v) is 7.72. The lowest BCUT2D eigenvalue weighted by Gasteiger charge is -2.03. The Hall–Kier alpha value is -0.590. The van der Waals surface area contributed by atoms with Crippen LogP contribution in [0.3, 0.4) is 0 Å². The van der Waals surface area contributed by atoms with Crippen LogP contribution in [-0.4, -0.2) is 29.8 Å².